The molecule has 0 saturated heterocycles. The summed E-state index contributed by atoms with van der Waals surface area (Å²) in [6, 6.07) is 8.18. The standard InChI is InChI=1S/C19H28ClN2.ClH/c1-2-3-4-5-6-13-21-15-16-22(17-21)14-7-8-18-9-11-19(20)12-10-18;/h9-12,15-17H,2-8,13-14H2,1H3;1H/q+1;/p-1. The van der Waals surface area contributed by atoms with Gasteiger partial charge in [0.1, 0.15) is 12.4 Å². The predicted molar refractivity (Wildman–Crippen MR) is 93.2 cm³/mol. The van der Waals surface area contributed by atoms with Gasteiger partial charge in [0.15, 0.2) is 0 Å². The van der Waals surface area contributed by atoms with E-state index in [1.807, 2.05) is 12.1 Å². The molecule has 1 aromatic heterocycles. The quantitative estimate of drug-likeness (QED) is 0.456. The minimum Gasteiger partial charge on any atom is -1.00 e. The molecular weight excluding hydrogens is 327 g/mol. The van der Waals surface area contributed by atoms with Gasteiger partial charge in [0.2, 0.25) is 6.33 Å². The van der Waals surface area contributed by atoms with Crippen molar-refractivity contribution in [1.29, 1.82) is 0 Å². The number of aryl methyl sites for hydroxylation is 3. The summed E-state index contributed by atoms with van der Waals surface area (Å²) in [6.45, 7) is 4.48. The van der Waals surface area contributed by atoms with E-state index < -0.39 is 0 Å². The second-order valence-corrected chi connectivity index (χ2v) is 6.47. The number of imidazole rings is 1. The van der Waals surface area contributed by atoms with Crippen LogP contribution >= 0.6 is 11.6 Å². The first-order valence-corrected chi connectivity index (χ1v) is 8.95. The van der Waals surface area contributed by atoms with Gasteiger partial charge >= 0.3 is 0 Å². The molecule has 0 radical (unpaired) electrons. The van der Waals surface area contributed by atoms with Crippen LogP contribution in [0.4, 0.5) is 0 Å². The zero-order valence-electron chi connectivity index (χ0n) is 14.1. The molecule has 23 heavy (non-hydrogen) atoms. The molecule has 0 atom stereocenters. The van der Waals surface area contributed by atoms with Crippen LogP contribution in [-0.2, 0) is 19.5 Å². The Morgan fingerprint density at radius 3 is 2.48 bits per heavy atom. The number of halogens is 2. The van der Waals surface area contributed by atoms with Crippen molar-refractivity contribution in [3.63, 3.8) is 0 Å². The first kappa shape index (κ1) is 20.1. The van der Waals surface area contributed by atoms with E-state index >= 15 is 0 Å². The number of benzene rings is 1. The normalized spacial score (nSPS) is 10.5. The van der Waals surface area contributed by atoms with Gasteiger partial charge in [-0.05, 0) is 43.4 Å². The van der Waals surface area contributed by atoms with Crippen molar-refractivity contribution in [2.75, 3.05) is 0 Å². The molecule has 2 nitrogen and oxygen atoms in total. The molecule has 0 fully saturated rings. The minimum atomic E-state index is 0. The van der Waals surface area contributed by atoms with E-state index in [0.29, 0.717) is 0 Å². The summed E-state index contributed by atoms with van der Waals surface area (Å²) >= 11 is 5.91. The lowest BCUT2D eigenvalue weighted by atomic mass is 10.1. The molecule has 128 valence electrons. The Labute approximate surface area is 151 Å². The second kappa shape index (κ2) is 11.5. The first-order valence-electron chi connectivity index (χ1n) is 8.57. The number of hydrogen-bond acceptors (Lipinski definition) is 0. The topological polar surface area (TPSA) is 8.81 Å². The lowest BCUT2D eigenvalue weighted by molar-refractivity contribution is -0.696. The summed E-state index contributed by atoms with van der Waals surface area (Å²) in [5.74, 6) is 0. The zero-order valence-corrected chi connectivity index (χ0v) is 15.6. The first-order chi connectivity index (χ1) is 10.8. The molecule has 0 amide bonds. The molecule has 2 rings (SSSR count). The fraction of sp³-hybridized carbons (Fsp3) is 0.526. The van der Waals surface area contributed by atoms with Crippen LogP contribution in [0.25, 0.3) is 0 Å². The summed E-state index contributed by atoms with van der Waals surface area (Å²) in [5.41, 5.74) is 1.36. The number of rotatable bonds is 10. The predicted octanol–water partition coefficient (Wildman–Crippen LogP) is 2.04. The Morgan fingerprint density at radius 1 is 1.00 bits per heavy atom. The molecule has 0 aliphatic rings. The molecule has 4 heteroatoms. The van der Waals surface area contributed by atoms with Crippen molar-refractivity contribution >= 4 is 11.6 Å². The van der Waals surface area contributed by atoms with Crippen LogP contribution in [0.3, 0.4) is 0 Å². The van der Waals surface area contributed by atoms with Gasteiger partial charge in [-0.2, -0.15) is 0 Å². The molecule has 0 aliphatic carbocycles. The summed E-state index contributed by atoms with van der Waals surface area (Å²) in [6.07, 6.45) is 15.6. The molecule has 1 aromatic carbocycles. The Morgan fingerprint density at radius 2 is 1.74 bits per heavy atom. The van der Waals surface area contributed by atoms with Gasteiger partial charge in [-0.1, -0.05) is 49.9 Å². The average Bonchev–Trinajstić information content (AvgIpc) is 2.97. The van der Waals surface area contributed by atoms with Gasteiger partial charge in [-0.25, -0.2) is 9.13 Å². The largest absolute Gasteiger partial charge is 1.00 e. The maximum absolute atomic E-state index is 5.91. The number of hydrogen-bond donors (Lipinski definition) is 0. The molecule has 0 bridgehead atoms. The SMILES string of the molecule is CCCCCCC[n+]1ccn(CCCc2ccc(Cl)cc2)c1.[Cl-]. The van der Waals surface area contributed by atoms with Crippen molar-refractivity contribution in [3.05, 3.63) is 53.6 Å². The van der Waals surface area contributed by atoms with Gasteiger partial charge in [0.25, 0.3) is 0 Å². The Hall–Kier alpha value is -0.990. The summed E-state index contributed by atoms with van der Waals surface area (Å²) in [5, 5.41) is 0.814. The highest BCUT2D eigenvalue weighted by atomic mass is 35.5. The van der Waals surface area contributed by atoms with Crippen molar-refractivity contribution < 1.29 is 17.0 Å². The van der Waals surface area contributed by atoms with Crippen LogP contribution in [0.15, 0.2) is 43.0 Å². The van der Waals surface area contributed by atoms with Gasteiger partial charge in [0, 0.05) is 5.02 Å². The van der Waals surface area contributed by atoms with Crippen molar-refractivity contribution in [2.45, 2.75) is 65.0 Å². The van der Waals surface area contributed by atoms with E-state index in [2.05, 4.69) is 46.9 Å². The van der Waals surface area contributed by atoms with E-state index in [1.54, 1.807) is 0 Å². The fourth-order valence-electron chi connectivity index (χ4n) is 2.72. The van der Waals surface area contributed by atoms with E-state index in [1.165, 1.54) is 37.7 Å². The van der Waals surface area contributed by atoms with E-state index in [9.17, 15) is 0 Å². The van der Waals surface area contributed by atoms with Gasteiger partial charge < -0.3 is 12.4 Å². The molecule has 0 N–H and O–H groups in total. The fourth-order valence-corrected chi connectivity index (χ4v) is 2.84. The van der Waals surface area contributed by atoms with Gasteiger partial charge in [0.05, 0.1) is 13.1 Å². The number of nitrogens with zero attached hydrogens (tertiary/aromatic N) is 2. The highest BCUT2D eigenvalue weighted by Gasteiger charge is 2.03. The lowest BCUT2D eigenvalue weighted by Crippen LogP contribution is -3.00. The lowest BCUT2D eigenvalue weighted by Gasteiger charge is -2.00. The molecule has 0 spiro atoms. The molecular formula is C19H28Cl2N2. The van der Waals surface area contributed by atoms with Crippen LogP contribution in [0, 0.1) is 0 Å². The molecule has 0 unspecified atom stereocenters. The highest BCUT2D eigenvalue weighted by Crippen LogP contribution is 2.11. The molecule has 0 aliphatic heterocycles. The maximum atomic E-state index is 5.91. The second-order valence-electron chi connectivity index (χ2n) is 6.03. The summed E-state index contributed by atoms with van der Waals surface area (Å²) < 4.78 is 4.61. The summed E-state index contributed by atoms with van der Waals surface area (Å²) in [7, 11) is 0. The molecule has 2 aromatic rings. The third-order valence-electron chi connectivity index (χ3n) is 4.06. The maximum Gasteiger partial charge on any atom is 0.243 e. The highest BCUT2D eigenvalue weighted by molar-refractivity contribution is 6.30. The summed E-state index contributed by atoms with van der Waals surface area (Å²) in [4.78, 5) is 0. The number of unbranched alkanes of at least 4 members (excludes halogenated alkanes) is 4. The molecule has 0 saturated carbocycles. The number of aromatic nitrogens is 2. The minimum absolute atomic E-state index is 0. The third-order valence-corrected chi connectivity index (χ3v) is 4.31. The van der Waals surface area contributed by atoms with E-state index in [-0.39, 0.29) is 12.4 Å². The van der Waals surface area contributed by atoms with E-state index in [4.69, 9.17) is 11.6 Å². The van der Waals surface area contributed by atoms with Crippen LogP contribution < -0.4 is 17.0 Å². The third kappa shape index (κ3) is 7.90. The van der Waals surface area contributed by atoms with Crippen LogP contribution in [0.5, 0.6) is 0 Å². The Bertz CT molecular complexity index is 535. The van der Waals surface area contributed by atoms with Crippen molar-refractivity contribution in [2.24, 2.45) is 0 Å². The van der Waals surface area contributed by atoms with Gasteiger partial charge in [-0.15, -0.1) is 0 Å². The zero-order chi connectivity index (χ0) is 15.6. The Kier molecular flexibility index (Phi) is 10.1. The monoisotopic (exact) mass is 354 g/mol. The average molecular weight is 355 g/mol. The van der Waals surface area contributed by atoms with Crippen LogP contribution in [0.2, 0.25) is 5.02 Å². The van der Waals surface area contributed by atoms with Crippen molar-refractivity contribution in [3.8, 4) is 0 Å². The Balaban J connectivity index is 0.00000264. The van der Waals surface area contributed by atoms with E-state index in [0.717, 1.165) is 31.0 Å². The van der Waals surface area contributed by atoms with Crippen LogP contribution in [0.1, 0.15) is 51.0 Å². The molecule has 1 heterocycles. The van der Waals surface area contributed by atoms with Crippen molar-refractivity contribution in [1.82, 2.24) is 4.57 Å². The van der Waals surface area contributed by atoms with Gasteiger partial charge in [-0.3, -0.25) is 0 Å². The smallest absolute Gasteiger partial charge is 0.243 e. The van der Waals surface area contributed by atoms with Crippen LogP contribution in [-0.4, -0.2) is 4.57 Å².